The van der Waals surface area contributed by atoms with Gasteiger partial charge in [-0.15, -0.1) is 0 Å². The zero-order chi connectivity index (χ0) is 18.8. The van der Waals surface area contributed by atoms with Gasteiger partial charge in [0, 0.05) is 29.3 Å². The molecular weight excluding hydrogens is 362 g/mol. The van der Waals surface area contributed by atoms with E-state index in [1.165, 1.54) is 6.92 Å². The number of aromatic nitrogens is 2. The van der Waals surface area contributed by atoms with Gasteiger partial charge >= 0.3 is 0 Å². The van der Waals surface area contributed by atoms with Crippen LogP contribution >= 0.6 is 11.9 Å². The van der Waals surface area contributed by atoms with Crippen molar-refractivity contribution in [1.29, 1.82) is 0 Å². The number of aliphatic imine (C=N–C) groups is 1. The van der Waals surface area contributed by atoms with Gasteiger partial charge in [0.15, 0.2) is 17.9 Å². The average Bonchev–Trinajstić information content (AvgIpc) is 3.25. The minimum Gasteiger partial charge on any atom is -0.326 e. The van der Waals surface area contributed by atoms with Gasteiger partial charge in [-0.05, 0) is 43.1 Å². The number of quaternary nitrogens is 1. The van der Waals surface area contributed by atoms with Gasteiger partial charge in [-0.3, -0.25) is 15.2 Å². The molecule has 0 spiro atoms. The molecule has 3 heterocycles. The fourth-order valence-electron chi connectivity index (χ4n) is 2.87. The summed E-state index contributed by atoms with van der Waals surface area (Å²) in [6.45, 7) is 4.23. The summed E-state index contributed by atoms with van der Waals surface area (Å²) >= 11 is 1.63. The van der Waals surface area contributed by atoms with Crippen LogP contribution in [0.15, 0.2) is 64.1 Å². The second-order valence-electron chi connectivity index (χ2n) is 6.32. The van der Waals surface area contributed by atoms with Gasteiger partial charge < -0.3 is 9.62 Å². The summed E-state index contributed by atoms with van der Waals surface area (Å²) in [6, 6.07) is 9.75. The summed E-state index contributed by atoms with van der Waals surface area (Å²) in [5, 5.41) is 13.3. The van der Waals surface area contributed by atoms with Gasteiger partial charge in [0.2, 0.25) is 11.7 Å². The van der Waals surface area contributed by atoms with Gasteiger partial charge in [-0.2, -0.15) is 5.10 Å². The van der Waals surface area contributed by atoms with Crippen LogP contribution in [0.2, 0.25) is 0 Å². The Bertz CT molecular complexity index is 945. The number of anilines is 2. The van der Waals surface area contributed by atoms with Crippen LogP contribution in [0.1, 0.15) is 12.6 Å². The maximum Gasteiger partial charge on any atom is 0.233 e. The average molecular weight is 382 g/mol. The SMILES string of the molecule is CC(=O)Nc1ccc(SN2C=C(Nc3cc(C)[nH]n3)[NH+]3C=NC=C3C2)cc1. The lowest BCUT2D eigenvalue weighted by molar-refractivity contribution is -0.708. The largest absolute Gasteiger partial charge is 0.326 e. The van der Waals surface area contributed by atoms with E-state index in [9.17, 15) is 4.79 Å². The third kappa shape index (κ3) is 4.04. The van der Waals surface area contributed by atoms with E-state index >= 15 is 0 Å². The van der Waals surface area contributed by atoms with Crippen molar-refractivity contribution in [3.63, 3.8) is 0 Å². The Labute approximate surface area is 161 Å². The standard InChI is InChI=1S/C18H19N7OS/c1-12-7-17(23-22-12)21-18-10-24(9-15-8-19-11-25(15)18)27-16-5-3-14(4-6-16)20-13(2)26/h3-8,10-11H,9H2,1-2H3,(H,20,26)(H2,21,22,23)/p+1. The maximum atomic E-state index is 11.1. The first-order valence-corrected chi connectivity index (χ1v) is 9.27. The Balaban J connectivity index is 1.51. The van der Waals surface area contributed by atoms with Gasteiger partial charge in [0.1, 0.15) is 6.54 Å². The van der Waals surface area contributed by atoms with Crippen LogP contribution in [0.25, 0.3) is 0 Å². The molecule has 9 heteroatoms. The zero-order valence-corrected chi connectivity index (χ0v) is 15.8. The highest BCUT2D eigenvalue weighted by Gasteiger charge is 2.31. The predicted octanol–water partition coefficient (Wildman–Crippen LogP) is 1.68. The van der Waals surface area contributed by atoms with Crippen molar-refractivity contribution in [2.75, 3.05) is 17.2 Å². The predicted molar refractivity (Wildman–Crippen MR) is 106 cm³/mol. The van der Waals surface area contributed by atoms with E-state index in [0.29, 0.717) is 0 Å². The van der Waals surface area contributed by atoms with Crippen molar-refractivity contribution in [1.82, 2.24) is 14.5 Å². The fraction of sp³-hybridized carbons (Fsp3) is 0.167. The molecule has 2 aromatic rings. The Morgan fingerprint density at radius 2 is 2.15 bits per heavy atom. The third-order valence-corrected chi connectivity index (χ3v) is 4.99. The van der Waals surface area contributed by atoms with E-state index in [0.717, 1.165) is 45.1 Å². The molecule has 0 fully saturated rings. The van der Waals surface area contributed by atoms with Crippen molar-refractivity contribution in [2.24, 2.45) is 4.99 Å². The quantitative estimate of drug-likeness (QED) is 0.591. The second kappa shape index (κ2) is 7.29. The molecule has 8 nitrogen and oxygen atoms in total. The lowest BCUT2D eigenvalue weighted by Gasteiger charge is -2.28. The molecule has 1 atom stereocenters. The summed E-state index contributed by atoms with van der Waals surface area (Å²) in [5.74, 6) is 1.66. The van der Waals surface area contributed by atoms with E-state index in [-0.39, 0.29) is 5.91 Å². The molecule has 4 N–H and O–H groups in total. The van der Waals surface area contributed by atoms with E-state index < -0.39 is 0 Å². The first kappa shape index (κ1) is 17.4. The Morgan fingerprint density at radius 3 is 2.85 bits per heavy atom. The highest BCUT2D eigenvalue weighted by molar-refractivity contribution is 7.97. The number of carbonyl (C=O) groups is 1. The first-order chi connectivity index (χ1) is 13.1. The molecule has 2 aliphatic rings. The smallest absolute Gasteiger partial charge is 0.233 e. The number of hydrogen-bond donors (Lipinski definition) is 4. The van der Waals surface area contributed by atoms with Crippen molar-refractivity contribution in [3.05, 3.63) is 59.9 Å². The minimum atomic E-state index is -0.0741. The molecule has 27 heavy (non-hydrogen) atoms. The molecule has 1 aromatic heterocycles. The Hall–Kier alpha value is -3.04. The molecule has 0 saturated carbocycles. The number of amides is 1. The monoisotopic (exact) mass is 382 g/mol. The normalized spacial score (nSPS) is 18.0. The van der Waals surface area contributed by atoms with Crippen LogP contribution in [-0.2, 0) is 4.79 Å². The van der Waals surface area contributed by atoms with Crippen molar-refractivity contribution in [2.45, 2.75) is 18.7 Å². The highest BCUT2D eigenvalue weighted by Crippen LogP contribution is 2.27. The summed E-state index contributed by atoms with van der Waals surface area (Å²) in [4.78, 5) is 17.6. The molecule has 0 radical (unpaired) electrons. The molecular formula is C18H20N7OS+. The number of fused-ring (bicyclic) bond motifs is 1. The highest BCUT2D eigenvalue weighted by atomic mass is 32.2. The number of aryl methyl sites for hydroxylation is 1. The third-order valence-electron chi connectivity index (χ3n) is 4.04. The van der Waals surface area contributed by atoms with Crippen LogP contribution in [0.4, 0.5) is 11.5 Å². The zero-order valence-electron chi connectivity index (χ0n) is 15.0. The first-order valence-electron chi connectivity index (χ1n) is 8.50. The summed E-state index contributed by atoms with van der Waals surface area (Å²) in [6.07, 6.45) is 5.84. The second-order valence-corrected chi connectivity index (χ2v) is 7.45. The molecule has 0 aliphatic carbocycles. The summed E-state index contributed by atoms with van der Waals surface area (Å²) < 4.78 is 2.15. The number of carbonyl (C=O) groups excluding carboxylic acids is 1. The molecule has 1 aromatic carbocycles. The Kier molecular flexibility index (Phi) is 4.69. The minimum absolute atomic E-state index is 0.0741. The van der Waals surface area contributed by atoms with Crippen molar-refractivity contribution in [3.8, 4) is 0 Å². The van der Waals surface area contributed by atoms with Gasteiger partial charge in [0.25, 0.3) is 0 Å². The van der Waals surface area contributed by atoms with Gasteiger partial charge in [-0.1, -0.05) is 0 Å². The summed E-state index contributed by atoms with van der Waals surface area (Å²) in [7, 11) is 0. The molecule has 4 rings (SSSR count). The molecule has 0 bridgehead atoms. The number of rotatable bonds is 5. The summed E-state index contributed by atoms with van der Waals surface area (Å²) in [5.41, 5.74) is 2.95. The molecule has 0 saturated heterocycles. The van der Waals surface area contributed by atoms with Gasteiger partial charge in [-0.25, -0.2) is 9.89 Å². The number of nitrogens with zero attached hydrogens (tertiary/aromatic N) is 3. The molecule has 1 unspecified atom stereocenters. The van der Waals surface area contributed by atoms with E-state index in [1.807, 2.05) is 49.8 Å². The topological polar surface area (TPSA) is 89.9 Å². The number of benzene rings is 1. The van der Waals surface area contributed by atoms with E-state index in [1.54, 1.807) is 11.9 Å². The van der Waals surface area contributed by atoms with Crippen molar-refractivity contribution >= 4 is 35.7 Å². The van der Waals surface area contributed by atoms with E-state index in [2.05, 4.69) is 36.3 Å². The molecule has 2 aliphatic heterocycles. The number of aromatic amines is 1. The molecule has 138 valence electrons. The van der Waals surface area contributed by atoms with Crippen LogP contribution < -0.4 is 15.5 Å². The van der Waals surface area contributed by atoms with Crippen LogP contribution in [0, 0.1) is 6.92 Å². The lowest BCUT2D eigenvalue weighted by atomic mass is 10.3. The number of hydrogen-bond acceptors (Lipinski definition) is 6. The molecule has 1 amide bonds. The Morgan fingerprint density at radius 1 is 1.33 bits per heavy atom. The van der Waals surface area contributed by atoms with Gasteiger partial charge in [0.05, 0.1) is 12.4 Å². The van der Waals surface area contributed by atoms with Crippen molar-refractivity contribution < 1.29 is 9.69 Å². The fourth-order valence-corrected chi connectivity index (χ4v) is 3.76. The van der Waals surface area contributed by atoms with E-state index in [4.69, 9.17) is 0 Å². The van der Waals surface area contributed by atoms with Crippen LogP contribution in [0.3, 0.4) is 0 Å². The van der Waals surface area contributed by atoms with Crippen LogP contribution in [0.5, 0.6) is 0 Å². The number of nitrogens with one attached hydrogen (secondary N) is 4. The van der Waals surface area contributed by atoms with Crippen LogP contribution in [-0.4, -0.2) is 33.3 Å². The maximum absolute atomic E-state index is 11.1. The number of H-pyrrole nitrogens is 1. The lowest BCUT2D eigenvalue weighted by Crippen LogP contribution is -3.08.